The number of benzene rings is 1. The topological polar surface area (TPSA) is 25.2 Å². The second kappa shape index (κ2) is 4.71. The summed E-state index contributed by atoms with van der Waals surface area (Å²) in [6.07, 6.45) is 3.30. The molecule has 0 saturated carbocycles. The zero-order valence-corrected chi connectivity index (χ0v) is 9.98. The third kappa shape index (κ3) is 1.98. The molecule has 0 amide bonds. The number of nitrogens with zero attached hydrogens (tertiary/aromatic N) is 1. The minimum atomic E-state index is 0.113. The van der Waals surface area contributed by atoms with Crippen molar-refractivity contribution in [3.63, 3.8) is 0 Å². The van der Waals surface area contributed by atoms with Gasteiger partial charge in [-0.25, -0.2) is 0 Å². The van der Waals surface area contributed by atoms with Gasteiger partial charge in [0.25, 0.3) is 0 Å². The smallest absolute Gasteiger partial charge is 0.0702 e. The Morgan fingerprint density at radius 1 is 1.31 bits per heavy atom. The van der Waals surface area contributed by atoms with Gasteiger partial charge in [0.2, 0.25) is 0 Å². The first-order valence-corrected chi connectivity index (χ1v) is 5.93. The number of aromatic nitrogens is 1. The molecule has 1 unspecified atom stereocenters. The Morgan fingerprint density at radius 3 is 2.81 bits per heavy atom. The fourth-order valence-corrected chi connectivity index (χ4v) is 2.09. The molecule has 0 spiro atoms. The monoisotopic (exact) mass is 217 g/mol. The molecular formula is C14H19NO. The quantitative estimate of drug-likeness (QED) is 0.836. The van der Waals surface area contributed by atoms with Crippen molar-refractivity contribution in [1.29, 1.82) is 0 Å². The maximum atomic E-state index is 9.36. The first kappa shape index (κ1) is 11.2. The molecule has 0 bridgehead atoms. The predicted molar refractivity (Wildman–Crippen MR) is 67.3 cm³/mol. The van der Waals surface area contributed by atoms with Crippen molar-refractivity contribution in [3.8, 4) is 0 Å². The summed E-state index contributed by atoms with van der Waals surface area (Å²) < 4.78 is 2.26. The van der Waals surface area contributed by atoms with Crippen LogP contribution in [0, 0.1) is 5.92 Å². The summed E-state index contributed by atoms with van der Waals surface area (Å²) in [5, 5.41) is 10.6. The highest BCUT2D eigenvalue weighted by Gasteiger charge is 2.07. The lowest BCUT2D eigenvalue weighted by Crippen LogP contribution is -2.06. The average molecular weight is 217 g/mol. The Kier molecular flexibility index (Phi) is 3.30. The number of aliphatic hydroxyl groups excluding tert-OH is 1. The van der Waals surface area contributed by atoms with Gasteiger partial charge in [0.05, 0.1) is 12.1 Å². The Labute approximate surface area is 96.5 Å². The summed E-state index contributed by atoms with van der Waals surface area (Å²) >= 11 is 0. The highest BCUT2D eigenvalue weighted by molar-refractivity contribution is 5.83. The van der Waals surface area contributed by atoms with Crippen LogP contribution >= 0.6 is 0 Å². The third-order valence-corrected chi connectivity index (χ3v) is 3.25. The Hall–Kier alpha value is -1.28. The van der Waals surface area contributed by atoms with E-state index >= 15 is 0 Å². The van der Waals surface area contributed by atoms with Crippen LogP contribution in [0.15, 0.2) is 30.5 Å². The van der Waals surface area contributed by atoms with Crippen LogP contribution in [0.2, 0.25) is 0 Å². The summed E-state index contributed by atoms with van der Waals surface area (Å²) in [6.45, 7) is 5.61. The fourth-order valence-electron chi connectivity index (χ4n) is 2.09. The SMILES string of the molecule is CCC(C)Cn1ccc2cccc(CO)c21. The van der Waals surface area contributed by atoms with Crippen LogP contribution in [-0.4, -0.2) is 9.67 Å². The van der Waals surface area contributed by atoms with Gasteiger partial charge in [-0.3, -0.25) is 0 Å². The molecule has 1 N–H and O–H groups in total. The van der Waals surface area contributed by atoms with E-state index in [1.807, 2.05) is 12.1 Å². The maximum absolute atomic E-state index is 9.36. The van der Waals surface area contributed by atoms with Crippen LogP contribution in [-0.2, 0) is 13.2 Å². The van der Waals surface area contributed by atoms with E-state index in [1.165, 1.54) is 17.3 Å². The molecule has 1 aromatic heterocycles. The summed E-state index contributed by atoms with van der Waals surface area (Å²) in [6, 6.07) is 8.22. The van der Waals surface area contributed by atoms with E-state index in [4.69, 9.17) is 0 Å². The van der Waals surface area contributed by atoms with E-state index in [0.29, 0.717) is 5.92 Å². The van der Waals surface area contributed by atoms with Crippen LogP contribution in [0.5, 0.6) is 0 Å². The van der Waals surface area contributed by atoms with Gasteiger partial charge in [0.15, 0.2) is 0 Å². The molecule has 1 heterocycles. The molecule has 0 radical (unpaired) electrons. The van der Waals surface area contributed by atoms with Crippen molar-refractivity contribution in [3.05, 3.63) is 36.0 Å². The Balaban J connectivity index is 2.45. The van der Waals surface area contributed by atoms with Gasteiger partial charge in [-0.1, -0.05) is 38.5 Å². The van der Waals surface area contributed by atoms with Gasteiger partial charge in [0, 0.05) is 18.3 Å². The van der Waals surface area contributed by atoms with Crippen molar-refractivity contribution < 1.29 is 5.11 Å². The van der Waals surface area contributed by atoms with Crippen molar-refractivity contribution in [2.75, 3.05) is 0 Å². The zero-order valence-electron chi connectivity index (χ0n) is 9.98. The molecule has 2 nitrogen and oxygen atoms in total. The molecule has 2 rings (SSSR count). The maximum Gasteiger partial charge on any atom is 0.0702 e. The number of fused-ring (bicyclic) bond motifs is 1. The van der Waals surface area contributed by atoms with Crippen molar-refractivity contribution >= 4 is 10.9 Å². The van der Waals surface area contributed by atoms with Gasteiger partial charge in [-0.05, 0) is 17.4 Å². The van der Waals surface area contributed by atoms with Crippen molar-refractivity contribution in [2.24, 2.45) is 5.92 Å². The molecule has 16 heavy (non-hydrogen) atoms. The third-order valence-electron chi connectivity index (χ3n) is 3.25. The first-order chi connectivity index (χ1) is 7.76. The summed E-state index contributed by atoms with van der Waals surface area (Å²) in [5.74, 6) is 0.669. The van der Waals surface area contributed by atoms with E-state index in [0.717, 1.165) is 12.1 Å². The van der Waals surface area contributed by atoms with E-state index in [1.54, 1.807) is 0 Å². The highest BCUT2D eigenvalue weighted by atomic mass is 16.3. The van der Waals surface area contributed by atoms with Gasteiger partial charge in [-0.2, -0.15) is 0 Å². The van der Waals surface area contributed by atoms with Gasteiger partial charge in [-0.15, -0.1) is 0 Å². The second-order valence-corrected chi connectivity index (χ2v) is 4.49. The van der Waals surface area contributed by atoms with Gasteiger partial charge in [0.1, 0.15) is 0 Å². The molecule has 0 fully saturated rings. The minimum absolute atomic E-state index is 0.113. The summed E-state index contributed by atoms with van der Waals surface area (Å²) in [5.41, 5.74) is 2.20. The van der Waals surface area contributed by atoms with Crippen LogP contribution < -0.4 is 0 Å². The van der Waals surface area contributed by atoms with Crippen LogP contribution in [0.4, 0.5) is 0 Å². The molecule has 2 heteroatoms. The molecular weight excluding hydrogens is 198 g/mol. The number of aliphatic hydroxyl groups is 1. The predicted octanol–water partition coefficient (Wildman–Crippen LogP) is 3.18. The normalized spacial score (nSPS) is 13.2. The Morgan fingerprint density at radius 2 is 2.12 bits per heavy atom. The van der Waals surface area contributed by atoms with E-state index in [2.05, 4.69) is 36.7 Å². The molecule has 86 valence electrons. The number of hydrogen-bond donors (Lipinski definition) is 1. The number of hydrogen-bond acceptors (Lipinski definition) is 1. The van der Waals surface area contributed by atoms with E-state index in [-0.39, 0.29) is 6.61 Å². The average Bonchev–Trinajstić information content (AvgIpc) is 2.72. The standard InChI is InChI=1S/C14H19NO/c1-3-11(2)9-15-8-7-12-5-4-6-13(10-16)14(12)15/h4-8,11,16H,3,9-10H2,1-2H3. The number of rotatable bonds is 4. The van der Waals surface area contributed by atoms with Gasteiger partial charge >= 0.3 is 0 Å². The zero-order chi connectivity index (χ0) is 11.5. The largest absolute Gasteiger partial charge is 0.392 e. The molecule has 0 aliphatic heterocycles. The molecule has 1 atom stereocenters. The number of para-hydroxylation sites is 1. The molecule has 0 aliphatic rings. The lowest BCUT2D eigenvalue weighted by atomic mass is 10.1. The minimum Gasteiger partial charge on any atom is -0.392 e. The van der Waals surface area contributed by atoms with Crippen molar-refractivity contribution in [1.82, 2.24) is 4.57 Å². The first-order valence-electron chi connectivity index (χ1n) is 5.93. The molecule has 1 aromatic carbocycles. The second-order valence-electron chi connectivity index (χ2n) is 4.49. The van der Waals surface area contributed by atoms with Crippen LogP contribution in [0.1, 0.15) is 25.8 Å². The Bertz CT molecular complexity index is 473. The molecule has 2 aromatic rings. The van der Waals surface area contributed by atoms with E-state index < -0.39 is 0 Å². The van der Waals surface area contributed by atoms with Crippen molar-refractivity contribution in [2.45, 2.75) is 33.4 Å². The van der Waals surface area contributed by atoms with Gasteiger partial charge < -0.3 is 9.67 Å². The summed E-state index contributed by atoms with van der Waals surface area (Å²) in [4.78, 5) is 0. The van der Waals surface area contributed by atoms with Crippen LogP contribution in [0.3, 0.4) is 0 Å². The van der Waals surface area contributed by atoms with E-state index in [9.17, 15) is 5.11 Å². The van der Waals surface area contributed by atoms with Crippen LogP contribution in [0.25, 0.3) is 10.9 Å². The summed E-state index contributed by atoms with van der Waals surface area (Å²) in [7, 11) is 0. The lowest BCUT2D eigenvalue weighted by Gasteiger charge is -2.12. The fraction of sp³-hybridized carbons (Fsp3) is 0.429. The lowest BCUT2D eigenvalue weighted by molar-refractivity contribution is 0.282. The highest BCUT2D eigenvalue weighted by Crippen LogP contribution is 2.22. The molecule has 0 aliphatic carbocycles. The molecule has 0 saturated heterocycles.